The molecule has 0 unspecified atom stereocenters. The molecule has 2 amide bonds. The van der Waals surface area contributed by atoms with Gasteiger partial charge in [0.05, 0.1) is 5.75 Å². The van der Waals surface area contributed by atoms with Gasteiger partial charge in [0.2, 0.25) is 11.8 Å². The molecule has 2 rings (SSSR count). The van der Waals surface area contributed by atoms with Crippen molar-refractivity contribution in [3.05, 3.63) is 70.0 Å². The van der Waals surface area contributed by atoms with Gasteiger partial charge < -0.3 is 10.2 Å². The molecule has 0 aliphatic rings. The summed E-state index contributed by atoms with van der Waals surface area (Å²) < 4.78 is 14.0. The standard InChI is InChI=1S/C25H32ClFN2O2S/c1-4-6-13-28-25(31)23(5-2)29(15-19-10-7-9-18(3)14-19)24(30)17-32-16-20-21(26)11-8-12-22(20)27/h7-12,14,23H,4-6,13,15-17H2,1-3H3,(H,28,31)/t23-/m1/s1. The van der Waals surface area contributed by atoms with Gasteiger partial charge in [0.15, 0.2) is 0 Å². The van der Waals surface area contributed by atoms with Crippen molar-refractivity contribution in [2.45, 2.75) is 58.4 Å². The zero-order chi connectivity index (χ0) is 23.5. The van der Waals surface area contributed by atoms with Gasteiger partial charge in [-0.2, -0.15) is 0 Å². The monoisotopic (exact) mass is 478 g/mol. The Balaban J connectivity index is 2.14. The molecule has 0 fully saturated rings. The molecule has 0 aromatic heterocycles. The van der Waals surface area contributed by atoms with Gasteiger partial charge in [0.25, 0.3) is 0 Å². The molecule has 2 aromatic rings. The van der Waals surface area contributed by atoms with Crippen LogP contribution < -0.4 is 5.32 Å². The Hall–Kier alpha value is -2.05. The fourth-order valence-corrected chi connectivity index (χ4v) is 4.68. The fraction of sp³-hybridized carbons (Fsp3) is 0.440. The molecule has 0 aliphatic heterocycles. The lowest BCUT2D eigenvalue weighted by Gasteiger charge is -2.30. The van der Waals surface area contributed by atoms with Crippen LogP contribution in [-0.2, 0) is 21.9 Å². The van der Waals surface area contributed by atoms with Crippen molar-refractivity contribution >= 4 is 35.2 Å². The second-order valence-corrected chi connectivity index (χ2v) is 9.17. The van der Waals surface area contributed by atoms with E-state index >= 15 is 0 Å². The molecular weight excluding hydrogens is 447 g/mol. The van der Waals surface area contributed by atoms with Crippen molar-refractivity contribution in [2.75, 3.05) is 12.3 Å². The number of benzene rings is 2. The number of nitrogens with zero attached hydrogens (tertiary/aromatic N) is 1. The number of hydrogen-bond acceptors (Lipinski definition) is 3. The van der Waals surface area contributed by atoms with Gasteiger partial charge in [-0.3, -0.25) is 9.59 Å². The molecule has 0 radical (unpaired) electrons. The van der Waals surface area contributed by atoms with E-state index in [1.165, 1.54) is 17.8 Å². The second-order valence-electron chi connectivity index (χ2n) is 7.77. The van der Waals surface area contributed by atoms with Gasteiger partial charge in [-0.05, 0) is 37.5 Å². The number of rotatable bonds is 12. The molecule has 4 nitrogen and oxygen atoms in total. The molecule has 1 atom stereocenters. The maximum absolute atomic E-state index is 14.0. The van der Waals surface area contributed by atoms with E-state index in [4.69, 9.17) is 11.6 Å². The lowest BCUT2D eigenvalue weighted by atomic mass is 10.1. The Morgan fingerprint density at radius 2 is 1.94 bits per heavy atom. The summed E-state index contributed by atoms with van der Waals surface area (Å²) >= 11 is 7.40. The minimum absolute atomic E-state index is 0.134. The second kappa shape index (κ2) is 13.5. The first-order valence-corrected chi connectivity index (χ1v) is 12.5. The summed E-state index contributed by atoms with van der Waals surface area (Å²) in [5, 5.41) is 3.31. The third-order valence-electron chi connectivity index (χ3n) is 5.18. The van der Waals surface area contributed by atoms with Gasteiger partial charge in [0, 0.05) is 29.4 Å². The zero-order valence-corrected chi connectivity index (χ0v) is 20.6. The average Bonchev–Trinajstić information content (AvgIpc) is 2.75. The third-order valence-corrected chi connectivity index (χ3v) is 6.48. The van der Waals surface area contributed by atoms with E-state index in [-0.39, 0.29) is 29.1 Å². The predicted molar refractivity (Wildman–Crippen MR) is 131 cm³/mol. The first-order valence-electron chi connectivity index (χ1n) is 11.0. The molecule has 7 heteroatoms. The summed E-state index contributed by atoms with van der Waals surface area (Å²) in [5.74, 6) is -0.245. The fourth-order valence-electron chi connectivity index (χ4n) is 3.43. The van der Waals surface area contributed by atoms with E-state index in [1.807, 2.05) is 38.1 Å². The van der Waals surface area contributed by atoms with Gasteiger partial charge in [0.1, 0.15) is 11.9 Å². The van der Waals surface area contributed by atoms with Crippen molar-refractivity contribution in [1.29, 1.82) is 0 Å². The zero-order valence-electron chi connectivity index (χ0n) is 19.0. The smallest absolute Gasteiger partial charge is 0.242 e. The molecule has 0 saturated carbocycles. The first kappa shape index (κ1) is 26.2. The summed E-state index contributed by atoms with van der Waals surface area (Å²) in [6.07, 6.45) is 2.39. The molecule has 0 aliphatic carbocycles. The number of thioether (sulfide) groups is 1. The van der Waals surface area contributed by atoms with Crippen LogP contribution in [0.25, 0.3) is 0 Å². The highest BCUT2D eigenvalue weighted by Crippen LogP contribution is 2.24. The van der Waals surface area contributed by atoms with Crippen molar-refractivity contribution in [3.8, 4) is 0 Å². The van der Waals surface area contributed by atoms with Crippen LogP contribution in [-0.4, -0.2) is 35.1 Å². The van der Waals surface area contributed by atoms with Crippen LogP contribution in [0.2, 0.25) is 5.02 Å². The van der Waals surface area contributed by atoms with Gasteiger partial charge in [-0.25, -0.2) is 4.39 Å². The van der Waals surface area contributed by atoms with E-state index in [9.17, 15) is 14.0 Å². The minimum atomic E-state index is -0.558. The Kier molecular flexibility index (Phi) is 11.0. The summed E-state index contributed by atoms with van der Waals surface area (Å²) in [4.78, 5) is 27.7. The van der Waals surface area contributed by atoms with Gasteiger partial charge in [-0.1, -0.05) is 67.8 Å². The molecule has 0 heterocycles. The predicted octanol–water partition coefficient (Wildman–Crippen LogP) is 5.74. The number of hydrogen-bond donors (Lipinski definition) is 1. The maximum Gasteiger partial charge on any atom is 0.242 e. The van der Waals surface area contributed by atoms with Crippen molar-refractivity contribution in [2.24, 2.45) is 0 Å². The average molecular weight is 479 g/mol. The Bertz CT molecular complexity index is 889. The number of halogens is 2. The van der Waals surface area contributed by atoms with Crippen LogP contribution in [0.15, 0.2) is 42.5 Å². The number of aryl methyl sites for hydroxylation is 1. The molecule has 2 aromatic carbocycles. The van der Waals surface area contributed by atoms with E-state index in [2.05, 4.69) is 12.2 Å². The quantitative estimate of drug-likeness (QED) is 0.395. The number of carbonyl (C=O) groups excluding carboxylic acids is 2. The minimum Gasteiger partial charge on any atom is -0.354 e. The highest BCUT2D eigenvalue weighted by atomic mass is 35.5. The molecule has 1 N–H and O–H groups in total. The van der Waals surface area contributed by atoms with E-state index in [0.717, 1.165) is 24.0 Å². The van der Waals surface area contributed by atoms with Crippen molar-refractivity contribution < 1.29 is 14.0 Å². The van der Waals surface area contributed by atoms with Crippen LogP contribution in [0, 0.1) is 12.7 Å². The Labute approximate surface area is 199 Å². The number of unbranched alkanes of at least 4 members (excludes halogenated alkanes) is 1. The maximum atomic E-state index is 14.0. The van der Waals surface area contributed by atoms with Crippen LogP contribution in [0.3, 0.4) is 0 Å². The lowest BCUT2D eigenvalue weighted by Crippen LogP contribution is -2.49. The normalized spacial score (nSPS) is 11.8. The lowest BCUT2D eigenvalue weighted by molar-refractivity contribution is -0.139. The molecule has 32 heavy (non-hydrogen) atoms. The van der Waals surface area contributed by atoms with Crippen LogP contribution >= 0.6 is 23.4 Å². The van der Waals surface area contributed by atoms with Gasteiger partial charge >= 0.3 is 0 Å². The number of nitrogens with one attached hydrogen (secondary N) is 1. The first-order chi connectivity index (χ1) is 15.4. The molecule has 0 spiro atoms. The van der Waals surface area contributed by atoms with Crippen LogP contribution in [0.1, 0.15) is 49.8 Å². The highest BCUT2D eigenvalue weighted by molar-refractivity contribution is 7.99. The molecule has 0 saturated heterocycles. The van der Waals surface area contributed by atoms with E-state index in [1.54, 1.807) is 17.0 Å². The highest BCUT2D eigenvalue weighted by Gasteiger charge is 2.28. The summed E-state index contributed by atoms with van der Waals surface area (Å²) in [6.45, 7) is 6.92. The SMILES string of the molecule is CCCCNC(=O)[C@@H](CC)N(Cc1cccc(C)c1)C(=O)CSCc1c(F)cccc1Cl. The van der Waals surface area contributed by atoms with Crippen LogP contribution in [0.4, 0.5) is 4.39 Å². The van der Waals surface area contributed by atoms with Gasteiger partial charge in [-0.15, -0.1) is 11.8 Å². The molecule has 0 bridgehead atoms. The summed E-state index contributed by atoms with van der Waals surface area (Å²) in [5.41, 5.74) is 2.46. The van der Waals surface area contributed by atoms with Crippen molar-refractivity contribution in [3.63, 3.8) is 0 Å². The van der Waals surface area contributed by atoms with Crippen molar-refractivity contribution in [1.82, 2.24) is 10.2 Å². The molecular formula is C25H32ClFN2O2S. The summed E-state index contributed by atoms with van der Waals surface area (Å²) in [6, 6.07) is 11.9. The topological polar surface area (TPSA) is 49.4 Å². The van der Waals surface area contributed by atoms with Crippen LogP contribution in [0.5, 0.6) is 0 Å². The van der Waals surface area contributed by atoms with E-state index in [0.29, 0.717) is 30.1 Å². The third kappa shape index (κ3) is 7.82. The largest absolute Gasteiger partial charge is 0.354 e. The number of carbonyl (C=O) groups is 2. The summed E-state index contributed by atoms with van der Waals surface area (Å²) in [7, 11) is 0. The Morgan fingerprint density at radius 3 is 2.59 bits per heavy atom. The van der Waals surface area contributed by atoms with E-state index < -0.39 is 6.04 Å². The number of amides is 2. The molecule has 174 valence electrons. The Morgan fingerprint density at radius 1 is 1.19 bits per heavy atom.